The number of nitrogens with one attached hydrogen (secondary N) is 1. The van der Waals surface area contributed by atoms with Crippen LogP contribution >= 0.6 is 11.6 Å². The molecule has 0 unspecified atom stereocenters. The van der Waals surface area contributed by atoms with Crippen molar-refractivity contribution in [1.29, 1.82) is 0 Å². The fourth-order valence-corrected chi connectivity index (χ4v) is 3.39. The molecule has 1 heterocycles. The van der Waals surface area contributed by atoms with Crippen LogP contribution in [0.2, 0.25) is 5.02 Å². The average Bonchev–Trinajstić information content (AvgIpc) is 3.18. The predicted molar refractivity (Wildman–Crippen MR) is 117 cm³/mol. The fourth-order valence-electron chi connectivity index (χ4n) is 3.26. The normalized spacial score (nSPS) is 10.5. The maximum absolute atomic E-state index is 13.1. The largest absolute Gasteiger partial charge is 0.462 e. The van der Waals surface area contributed by atoms with E-state index in [4.69, 9.17) is 21.1 Å². The lowest BCUT2D eigenvalue weighted by Gasteiger charge is -2.10. The summed E-state index contributed by atoms with van der Waals surface area (Å²) >= 11 is 5.93. The van der Waals surface area contributed by atoms with Gasteiger partial charge in [0, 0.05) is 28.8 Å². The third kappa shape index (κ3) is 5.03. The predicted octanol–water partition coefficient (Wildman–Crippen LogP) is 4.84. The monoisotopic (exact) mass is 439 g/mol. The van der Waals surface area contributed by atoms with Gasteiger partial charge < -0.3 is 14.5 Å². The van der Waals surface area contributed by atoms with Gasteiger partial charge >= 0.3 is 11.9 Å². The highest BCUT2D eigenvalue weighted by atomic mass is 35.5. The van der Waals surface area contributed by atoms with Gasteiger partial charge in [0.25, 0.3) is 0 Å². The molecule has 0 atom stereocenters. The van der Waals surface area contributed by atoms with E-state index in [9.17, 15) is 14.4 Å². The number of hydrogen-bond donors (Lipinski definition) is 1. The Hall–Kier alpha value is -3.38. The second-order valence-corrected chi connectivity index (χ2v) is 7.11. The van der Waals surface area contributed by atoms with E-state index in [1.165, 1.54) is 0 Å². The van der Waals surface area contributed by atoms with Crippen LogP contribution in [0, 0.1) is 0 Å². The van der Waals surface area contributed by atoms with Gasteiger partial charge in [-0.2, -0.15) is 0 Å². The summed E-state index contributed by atoms with van der Waals surface area (Å²) in [5, 5.41) is 0.544. The van der Waals surface area contributed by atoms with Crippen LogP contribution in [0.5, 0.6) is 0 Å². The number of hydrogen-bond acceptors (Lipinski definition) is 5. The molecule has 0 aliphatic heterocycles. The Morgan fingerprint density at radius 1 is 0.871 bits per heavy atom. The summed E-state index contributed by atoms with van der Waals surface area (Å²) in [6.07, 6.45) is 1.82. The van der Waals surface area contributed by atoms with Crippen LogP contribution in [0.15, 0.2) is 54.7 Å². The summed E-state index contributed by atoms with van der Waals surface area (Å²) in [4.78, 5) is 40.8. The number of carbonyl (C=O) groups excluding carboxylic acids is 3. The molecule has 0 radical (unpaired) electrons. The van der Waals surface area contributed by atoms with Crippen LogP contribution in [0.1, 0.15) is 61.7 Å². The summed E-state index contributed by atoms with van der Waals surface area (Å²) in [6, 6.07) is 13.8. The van der Waals surface area contributed by atoms with E-state index in [0.717, 1.165) is 0 Å². The van der Waals surface area contributed by atoms with E-state index < -0.39 is 11.9 Å². The summed E-state index contributed by atoms with van der Waals surface area (Å²) in [7, 11) is 0. The third-order valence-corrected chi connectivity index (χ3v) is 4.92. The first-order chi connectivity index (χ1) is 15.0. The topological polar surface area (TPSA) is 85.5 Å². The minimum absolute atomic E-state index is 0.0387. The molecule has 2 aromatic carbocycles. The average molecular weight is 440 g/mol. The summed E-state index contributed by atoms with van der Waals surface area (Å²) in [5.74, 6) is -1.42. The third-order valence-electron chi connectivity index (χ3n) is 4.67. The van der Waals surface area contributed by atoms with E-state index in [1.54, 1.807) is 56.4 Å². The van der Waals surface area contributed by atoms with Gasteiger partial charge in [0.15, 0.2) is 5.78 Å². The van der Waals surface area contributed by atoms with E-state index in [2.05, 4.69) is 4.98 Å². The maximum atomic E-state index is 13.1. The molecule has 3 aromatic rings. The second kappa shape index (κ2) is 10.1. The Balaban J connectivity index is 2.00. The fraction of sp³-hybridized carbons (Fsp3) is 0.208. The smallest absolute Gasteiger partial charge is 0.355 e. The van der Waals surface area contributed by atoms with E-state index in [1.807, 2.05) is 12.1 Å². The van der Waals surface area contributed by atoms with Gasteiger partial charge in [-0.25, -0.2) is 9.59 Å². The van der Waals surface area contributed by atoms with E-state index in [0.29, 0.717) is 27.3 Å². The molecule has 31 heavy (non-hydrogen) atoms. The highest BCUT2D eigenvalue weighted by Crippen LogP contribution is 2.24. The number of benzene rings is 2. The van der Waals surface area contributed by atoms with Crippen molar-refractivity contribution in [3.63, 3.8) is 0 Å². The van der Waals surface area contributed by atoms with Crippen molar-refractivity contribution in [3.8, 4) is 0 Å². The van der Waals surface area contributed by atoms with E-state index in [-0.39, 0.29) is 36.7 Å². The molecule has 1 N–H and O–H groups in total. The first kappa shape index (κ1) is 22.3. The Morgan fingerprint density at radius 2 is 1.52 bits per heavy atom. The zero-order valence-electron chi connectivity index (χ0n) is 17.2. The summed E-state index contributed by atoms with van der Waals surface area (Å²) in [6.45, 7) is 3.71. The van der Waals surface area contributed by atoms with Crippen molar-refractivity contribution in [2.45, 2.75) is 20.3 Å². The van der Waals surface area contributed by atoms with Crippen LogP contribution in [0.25, 0.3) is 0 Å². The lowest BCUT2D eigenvalue weighted by atomic mass is 9.93. The molecule has 0 amide bonds. The highest BCUT2D eigenvalue weighted by Gasteiger charge is 2.26. The molecule has 0 fully saturated rings. The van der Waals surface area contributed by atoms with Crippen molar-refractivity contribution in [2.75, 3.05) is 13.2 Å². The van der Waals surface area contributed by atoms with Crippen LogP contribution in [0.3, 0.4) is 0 Å². The zero-order valence-corrected chi connectivity index (χ0v) is 18.0. The Morgan fingerprint density at radius 3 is 2.19 bits per heavy atom. The lowest BCUT2D eigenvalue weighted by molar-refractivity contribution is 0.0475. The minimum Gasteiger partial charge on any atom is -0.462 e. The molecule has 0 spiro atoms. The Bertz CT molecular complexity index is 1100. The van der Waals surface area contributed by atoms with Gasteiger partial charge in [0.2, 0.25) is 0 Å². The SMILES string of the molecule is CCOC(=O)c1[nH]cc(Cc2ccccc2C(=O)c2ccc(Cl)cc2)c1C(=O)OCC. The number of ether oxygens (including phenoxy) is 2. The molecule has 0 saturated heterocycles. The zero-order chi connectivity index (χ0) is 22.4. The van der Waals surface area contributed by atoms with E-state index >= 15 is 0 Å². The number of halogens is 1. The number of ketones is 1. The van der Waals surface area contributed by atoms with Crippen molar-refractivity contribution < 1.29 is 23.9 Å². The molecule has 3 rings (SSSR count). The first-order valence-corrected chi connectivity index (χ1v) is 10.3. The summed E-state index contributed by atoms with van der Waals surface area (Å²) in [5.41, 5.74) is 2.41. The number of aromatic amines is 1. The van der Waals surface area contributed by atoms with Crippen molar-refractivity contribution in [2.24, 2.45) is 0 Å². The van der Waals surface area contributed by atoms with Gasteiger partial charge in [-0.1, -0.05) is 35.9 Å². The van der Waals surface area contributed by atoms with Crippen LogP contribution in [-0.4, -0.2) is 35.9 Å². The summed E-state index contributed by atoms with van der Waals surface area (Å²) < 4.78 is 10.2. The van der Waals surface area contributed by atoms with Crippen LogP contribution in [-0.2, 0) is 15.9 Å². The van der Waals surface area contributed by atoms with Crippen molar-refractivity contribution in [1.82, 2.24) is 4.98 Å². The van der Waals surface area contributed by atoms with Gasteiger partial charge in [-0.3, -0.25) is 4.79 Å². The maximum Gasteiger partial charge on any atom is 0.355 e. The molecular formula is C24H22ClNO5. The minimum atomic E-state index is -0.637. The Kier molecular flexibility index (Phi) is 7.26. The van der Waals surface area contributed by atoms with Gasteiger partial charge in [0.1, 0.15) is 5.69 Å². The molecule has 1 aromatic heterocycles. The van der Waals surface area contributed by atoms with Crippen molar-refractivity contribution >= 4 is 29.3 Å². The molecule has 0 aliphatic rings. The van der Waals surface area contributed by atoms with Gasteiger partial charge in [-0.15, -0.1) is 0 Å². The van der Waals surface area contributed by atoms with Crippen molar-refractivity contribution in [3.05, 3.63) is 93.3 Å². The molecule has 6 nitrogen and oxygen atoms in total. The molecule has 0 aliphatic carbocycles. The highest BCUT2D eigenvalue weighted by molar-refractivity contribution is 6.30. The van der Waals surface area contributed by atoms with Crippen LogP contribution in [0.4, 0.5) is 0 Å². The number of aromatic nitrogens is 1. The number of H-pyrrole nitrogens is 1. The Labute approximate surface area is 185 Å². The molecule has 0 saturated carbocycles. The number of rotatable bonds is 8. The molecular weight excluding hydrogens is 418 g/mol. The first-order valence-electron chi connectivity index (χ1n) is 9.88. The number of carbonyl (C=O) groups is 3. The van der Waals surface area contributed by atoms with Gasteiger partial charge in [-0.05, 0) is 49.2 Å². The molecule has 160 valence electrons. The number of esters is 2. The standard InChI is InChI=1S/C24H22ClNO5/c1-3-30-23(28)20-17(14-26-21(20)24(29)31-4-2)13-16-7-5-6-8-19(16)22(27)15-9-11-18(25)12-10-15/h5-12,14,26H,3-4,13H2,1-2H3. The van der Waals surface area contributed by atoms with Crippen LogP contribution < -0.4 is 0 Å². The quantitative estimate of drug-likeness (QED) is 0.401. The second-order valence-electron chi connectivity index (χ2n) is 6.67. The molecule has 0 bridgehead atoms. The van der Waals surface area contributed by atoms with Gasteiger partial charge in [0.05, 0.1) is 18.8 Å². The lowest BCUT2D eigenvalue weighted by Crippen LogP contribution is -2.15. The molecule has 7 heteroatoms.